The normalized spacial score (nSPS) is 32.7. The number of nitrogens with two attached hydrogens (primary N) is 1. The first-order chi connectivity index (χ1) is 4.97. The molecule has 3 N–H and O–H groups in total. The van der Waals surface area contributed by atoms with Crippen LogP contribution in [0.25, 0.3) is 0 Å². The summed E-state index contributed by atoms with van der Waals surface area (Å²) >= 11 is 0. The highest BCUT2D eigenvalue weighted by Crippen LogP contribution is 2.23. The summed E-state index contributed by atoms with van der Waals surface area (Å²) in [4.78, 5) is 0. The molecule has 3 nitrogen and oxygen atoms in total. The summed E-state index contributed by atoms with van der Waals surface area (Å²) in [6.45, 7) is 3.30. The first-order valence-corrected chi connectivity index (χ1v) is 4.13. The Labute approximate surface area is 67.5 Å². The van der Waals surface area contributed by atoms with E-state index in [0.717, 1.165) is 19.3 Å². The molecule has 11 heavy (non-hydrogen) atoms. The second kappa shape index (κ2) is 3.09. The SMILES string of the molecule is CC(C)(O)OC1CCC(N)C1. The third-order valence-corrected chi connectivity index (χ3v) is 1.88. The summed E-state index contributed by atoms with van der Waals surface area (Å²) in [7, 11) is 0. The maximum absolute atomic E-state index is 9.30. The zero-order valence-electron chi connectivity index (χ0n) is 7.21. The molecule has 0 aromatic rings. The molecular formula is C8H17NO2. The fourth-order valence-electron chi connectivity index (χ4n) is 1.49. The van der Waals surface area contributed by atoms with Gasteiger partial charge in [-0.05, 0) is 33.1 Å². The van der Waals surface area contributed by atoms with Gasteiger partial charge in [-0.2, -0.15) is 0 Å². The van der Waals surface area contributed by atoms with E-state index in [1.54, 1.807) is 13.8 Å². The summed E-state index contributed by atoms with van der Waals surface area (Å²) in [5.41, 5.74) is 5.68. The van der Waals surface area contributed by atoms with Crippen molar-refractivity contribution >= 4 is 0 Å². The highest BCUT2D eigenvalue weighted by atomic mass is 16.6. The lowest BCUT2D eigenvalue weighted by molar-refractivity contribution is -0.203. The average Bonchev–Trinajstić information content (AvgIpc) is 2.10. The van der Waals surface area contributed by atoms with Crippen LogP contribution in [0.1, 0.15) is 33.1 Å². The standard InChI is InChI=1S/C8H17NO2/c1-8(2,10)11-7-4-3-6(9)5-7/h6-7,10H,3-5,9H2,1-2H3. The molecule has 1 aliphatic carbocycles. The zero-order chi connectivity index (χ0) is 8.48. The Balaban J connectivity index is 2.29. The molecule has 0 aromatic heterocycles. The van der Waals surface area contributed by atoms with Gasteiger partial charge in [0.25, 0.3) is 0 Å². The molecule has 0 amide bonds. The van der Waals surface area contributed by atoms with Crippen LogP contribution in [-0.4, -0.2) is 23.0 Å². The van der Waals surface area contributed by atoms with Crippen LogP contribution < -0.4 is 5.73 Å². The minimum Gasteiger partial charge on any atom is -0.366 e. The maximum Gasteiger partial charge on any atom is 0.160 e. The van der Waals surface area contributed by atoms with Crippen molar-refractivity contribution in [3.8, 4) is 0 Å². The first-order valence-electron chi connectivity index (χ1n) is 4.13. The number of hydrogen-bond acceptors (Lipinski definition) is 3. The van der Waals surface area contributed by atoms with E-state index in [-0.39, 0.29) is 12.1 Å². The Hall–Kier alpha value is -0.120. The average molecular weight is 159 g/mol. The van der Waals surface area contributed by atoms with Gasteiger partial charge in [0.2, 0.25) is 0 Å². The molecule has 2 unspecified atom stereocenters. The summed E-state index contributed by atoms with van der Waals surface area (Å²) < 4.78 is 5.34. The Morgan fingerprint density at radius 1 is 1.45 bits per heavy atom. The smallest absolute Gasteiger partial charge is 0.160 e. The van der Waals surface area contributed by atoms with Crippen LogP contribution in [0, 0.1) is 0 Å². The summed E-state index contributed by atoms with van der Waals surface area (Å²) in [6, 6.07) is 0.266. The summed E-state index contributed by atoms with van der Waals surface area (Å²) in [5, 5.41) is 9.30. The van der Waals surface area contributed by atoms with Gasteiger partial charge in [0.15, 0.2) is 5.79 Å². The Kier molecular flexibility index (Phi) is 2.52. The minimum absolute atomic E-state index is 0.157. The number of ether oxygens (including phenoxy) is 1. The highest BCUT2D eigenvalue weighted by molar-refractivity contribution is 4.79. The predicted molar refractivity (Wildman–Crippen MR) is 43.0 cm³/mol. The summed E-state index contributed by atoms with van der Waals surface area (Å²) in [5.74, 6) is -1.01. The molecule has 0 bridgehead atoms. The van der Waals surface area contributed by atoms with Crippen LogP contribution in [-0.2, 0) is 4.74 Å². The van der Waals surface area contributed by atoms with E-state index >= 15 is 0 Å². The largest absolute Gasteiger partial charge is 0.366 e. The number of hydrogen-bond donors (Lipinski definition) is 2. The lowest BCUT2D eigenvalue weighted by Gasteiger charge is -2.23. The van der Waals surface area contributed by atoms with Crippen LogP contribution in [0.5, 0.6) is 0 Å². The van der Waals surface area contributed by atoms with E-state index in [1.807, 2.05) is 0 Å². The van der Waals surface area contributed by atoms with Gasteiger partial charge < -0.3 is 15.6 Å². The van der Waals surface area contributed by atoms with E-state index < -0.39 is 5.79 Å². The van der Waals surface area contributed by atoms with Crippen LogP contribution >= 0.6 is 0 Å². The van der Waals surface area contributed by atoms with E-state index in [2.05, 4.69) is 0 Å². The number of aliphatic hydroxyl groups is 1. The van der Waals surface area contributed by atoms with Gasteiger partial charge in [0.05, 0.1) is 6.10 Å². The lowest BCUT2D eigenvalue weighted by Crippen LogP contribution is -2.29. The van der Waals surface area contributed by atoms with Crippen molar-refractivity contribution in [3.05, 3.63) is 0 Å². The second-order valence-electron chi connectivity index (χ2n) is 3.76. The van der Waals surface area contributed by atoms with Crippen molar-refractivity contribution in [3.63, 3.8) is 0 Å². The third-order valence-electron chi connectivity index (χ3n) is 1.88. The van der Waals surface area contributed by atoms with Crippen molar-refractivity contribution in [2.24, 2.45) is 5.73 Å². The molecule has 3 heteroatoms. The van der Waals surface area contributed by atoms with Gasteiger partial charge in [-0.25, -0.2) is 0 Å². The molecule has 1 fully saturated rings. The van der Waals surface area contributed by atoms with E-state index in [0.29, 0.717) is 0 Å². The summed E-state index contributed by atoms with van der Waals surface area (Å²) in [6.07, 6.45) is 3.03. The monoisotopic (exact) mass is 159 g/mol. The van der Waals surface area contributed by atoms with Crippen molar-refractivity contribution < 1.29 is 9.84 Å². The van der Waals surface area contributed by atoms with Crippen molar-refractivity contribution in [1.82, 2.24) is 0 Å². The molecule has 2 atom stereocenters. The zero-order valence-corrected chi connectivity index (χ0v) is 7.21. The lowest BCUT2D eigenvalue weighted by atomic mass is 10.2. The molecule has 0 aromatic carbocycles. The fraction of sp³-hybridized carbons (Fsp3) is 1.00. The van der Waals surface area contributed by atoms with Crippen LogP contribution in [0.3, 0.4) is 0 Å². The fourth-order valence-corrected chi connectivity index (χ4v) is 1.49. The van der Waals surface area contributed by atoms with Crippen molar-refractivity contribution in [1.29, 1.82) is 0 Å². The quantitative estimate of drug-likeness (QED) is 0.580. The van der Waals surface area contributed by atoms with Gasteiger partial charge in [-0.1, -0.05) is 0 Å². The minimum atomic E-state index is -1.01. The van der Waals surface area contributed by atoms with Gasteiger partial charge in [0, 0.05) is 6.04 Å². The van der Waals surface area contributed by atoms with Crippen LogP contribution in [0.4, 0.5) is 0 Å². The Morgan fingerprint density at radius 2 is 2.09 bits per heavy atom. The third kappa shape index (κ3) is 3.18. The predicted octanol–water partition coefficient (Wildman–Crippen LogP) is 0.611. The van der Waals surface area contributed by atoms with Gasteiger partial charge in [-0.15, -0.1) is 0 Å². The topological polar surface area (TPSA) is 55.5 Å². The maximum atomic E-state index is 9.30. The van der Waals surface area contributed by atoms with Crippen molar-refractivity contribution in [2.45, 2.75) is 51.0 Å². The highest BCUT2D eigenvalue weighted by Gasteiger charge is 2.27. The molecular weight excluding hydrogens is 142 g/mol. The van der Waals surface area contributed by atoms with Gasteiger partial charge in [-0.3, -0.25) is 0 Å². The van der Waals surface area contributed by atoms with E-state index in [1.165, 1.54) is 0 Å². The Bertz CT molecular complexity index is 131. The molecule has 0 saturated heterocycles. The molecule has 0 aliphatic heterocycles. The van der Waals surface area contributed by atoms with Crippen molar-refractivity contribution in [2.75, 3.05) is 0 Å². The molecule has 0 heterocycles. The van der Waals surface area contributed by atoms with E-state index in [4.69, 9.17) is 10.5 Å². The second-order valence-corrected chi connectivity index (χ2v) is 3.76. The Morgan fingerprint density at radius 3 is 2.45 bits per heavy atom. The molecule has 66 valence electrons. The van der Waals surface area contributed by atoms with E-state index in [9.17, 15) is 5.11 Å². The number of rotatable bonds is 2. The van der Waals surface area contributed by atoms with Crippen LogP contribution in [0.15, 0.2) is 0 Å². The molecule has 1 saturated carbocycles. The van der Waals surface area contributed by atoms with Crippen LogP contribution in [0.2, 0.25) is 0 Å². The first kappa shape index (κ1) is 8.97. The molecule has 0 radical (unpaired) electrons. The van der Waals surface area contributed by atoms with Gasteiger partial charge >= 0.3 is 0 Å². The molecule has 0 spiro atoms. The van der Waals surface area contributed by atoms with Gasteiger partial charge in [0.1, 0.15) is 0 Å². The molecule has 1 rings (SSSR count). The molecule has 1 aliphatic rings.